The highest BCUT2D eigenvalue weighted by atomic mass is 16.3. The van der Waals surface area contributed by atoms with Crippen LogP contribution in [0.1, 0.15) is 18.1 Å². The Balaban J connectivity index is 1.60. The lowest BCUT2D eigenvalue weighted by molar-refractivity contribution is 0.474. The van der Waals surface area contributed by atoms with Crippen molar-refractivity contribution in [1.29, 1.82) is 0 Å². The van der Waals surface area contributed by atoms with Gasteiger partial charge in [0.05, 0.1) is 0 Å². The molecule has 3 aromatic rings. The number of rotatable bonds is 5. The van der Waals surface area contributed by atoms with Crippen LogP contribution in [0.3, 0.4) is 0 Å². The molecule has 0 saturated carbocycles. The van der Waals surface area contributed by atoms with E-state index in [2.05, 4.69) is 54.7 Å². The molecule has 2 N–H and O–H groups in total. The van der Waals surface area contributed by atoms with Gasteiger partial charge < -0.3 is 10.4 Å². The van der Waals surface area contributed by atoms with Gasteiger partial charge in [0, 0.05) is 12.6 Å². The number of phenols is 1. The first-order valence-electron chi connectivity index (χ1n) is 7.70. The second-order valence-electron chi connectivity index (χ2n) is 5.83. The summed E-state index contributed by atoms with van der Waals surface area (Å²) in [4.78, 5) is 0. The lowest BCUT2D eigenvalue weighted by Gasteiger charge is -2.14. The molecule has 2 heteroatoms. The normalized spacial score (nSPS) is 12.4. The van der Waals surface area contributed by atoms with E-state index < -0.39 is 0 Å². The van der Waals surface area contributed by atoms with E-state index in [1.807, 2.05) is 12.1 Å². The van der Waals surface area contributed by atoms with E-state index >= 15 is 0 Å². The van der Waals surface area contributed by atoms with Crippen LogP contribution in [0.5, 0.6) is 5.75 Å². The third kappa shape index (κ3) is 3.66. The molecule has 0 spiro atoms. The lowest BCUT2D eigenvalue weighted by Crippen LogP contribution is -2.27. The minimum absolute atomic E-state index is 0.313. The average molecular weight is 291 g/mol. The van der Waals surface area contributed by atoms with Crippen molar-refractivity contribution in [2.24, 2.45) is 0 Å². The van der Waals surface area contributed by atoms with Gasteiger partial charge in [-0.1, -0.05) is 54.6 Å². The van der Waals surface area contributed by atoms with Gasteiger partial charge in [-0.15, -0.1) is 0 Å². The Bertz CT molecular complexity index is 749. The monoisotopic (exact) mass is 291 g/mol. The van der Waals surface area contributed by atoms with Crippen molar-refractivity contribution >= 4 is 10.8 Å². The summed E-state index contributed by atoms with van der Waals surface area (Å²) in [6.45, 7) is 3.02. The molecule has 112 valence electrons. The summed E-state index contributed by atoms with van der Waals surface area (Å²) in [5, 5.41) is 15.4. The van der Waals surface area contributed by atoms with Crippen LogP contribution in [-0.4, -0.2) is 11.1 Å². The van der Waals surface area contributed by atoms with Gasteiger partial charge in [-0.2, -0.15) is 0 Å². The molecular weight excluding hydrogens is 270 g/mol. The fourth-order valence-electron chi connectivity index (χ4n) is 2.70. The molecule has 0 fully saturated rings. The van der Waals surface area contributed by atoms with Gasteiger partial charge in [-0.3, -0.25) is 0 Å². The molecule has 0 aromatic heterocycles. The Labute approximate surface area is 131 Å². The van der Waals surface area contributed by atoms with Crippen LogP contribution in [0.15, 0.2) is 66.7 Å². The second-order valence-corrected chi connectivity index (χ2v) is 5.83. The molecule has 0 aliphatic heterocycles. The topological polar surface area (TPSA) is 32.3 Å². The van der Waals surface area contributed by atoms with Crippen molar-refractivity contribution in [1.82, 2.24) is 5.32 Å². The van der Waals surface area contributed by atoms with Gasteiger partial charge in [0.1, 0.15) is 5.75 Å². The minimum atomic E-state index is 0.313. The fourth-order valence-corrected chi connectivity index (χ4v) is 2.70. The maximum Gasteiger partial charge on any atom is 0.115 e. The lowest BCUT2D eigenvalue weighted by atomic mass is 10.0. The molecular formula is C20H21NO. The highest BCUT2D eigenvalue weighted by molar-refractivity contribution is 5.82. The summed E-state index contributed by atoms with van der Waals surface area (Å²) in [7, 11) is 0. The Morgan fingerprint density at radius 2 is 1.55 bits per heavy atom. The predicted octanol–water partition coefficient (Wildman–Crippen LogP) is 4.27. The van der Waals surface area contributed by atoms with Crippen LogP contribution in [0.25, 0.3) is 10.8 Å². The van der Waals surface area contributed by atoms with Gasteiger partial charge in [0.25, 0.3) is 0 Å². The van der Waals surface area contributed by atoms with E-state index in [9.17, 15) is 5.11 Å². The molecule has 2 nitrogen and oxygen atoms in total. The molecule has 0 radical (unpaired) electrons. The van der Waals surface area contributed by atoms with Crippen molar-refractivity contribution < 1.29 is 5.11 Å². The summed E-state index contributed by atoms with van der Waals surface area (Å²) in [5.74, 6) is 0.313. The zero-order chi connectivity index (χ0) is 15.4. The first kappa shape index (κ1) is 14.6. The standard InChI is InChI=1S/C20H21NO/c1-15(21-14-16-7-10-20(22)11-8-16)12-17-6-9-18-4-2-3-5-19(18)13-17/h2-11,13,15,21-22H,12,14H2,1H3. The van der Waals surface area contributed by atoms with Gasteiger partial charge in [0.15, 0.2) is 0 Å². The van der Waals surface area contributed by atoms with Gasteiger partial charge in [0.2, 0.25) is 0 Å². The smallest absolute Gasteiger partial charge is 0.115 e. The highest BCUT2D eigenvalue weighted by Gasteiger charge is 2.04. The van der Waals surface area contributed by atoms with Gasteiger partial charge in [-0.25, -0.2) is 0 Å². The Morgan fingerprint density at radius 1 is 0.864 bits per heavy atom. The van der Waals surface area contributed by atoms with E-state index in [0.717, 1.165) is 13.0 Å². The predicted molar refractivity (Wildman–Crippen MR) is 92.1 cm³/mol. The van der Waals surface area contributed by atoms with Crippen molar-refractivity contribution in [3.63, 3.8) is 0 Å². The molecule has 0 aliphatic rings. The average Bonchev–Trinajstić information content (AvgIpc) is 2.54. The van der Waals surface area contributed by atoms with E-state index in [-0.39, 0.29) is 0 Å². The molecule has 0 heterocycles. The fraction of sp³-hybridized carbons (Fsp3) is 0.200. The summed E-state index contributed by atoms with van der Waals surface area (Å²) >= 11 is 0. The quantitative estimate of drug-likeness (QED) is 0.736. The molecule has 3 aromatic carbocycles. The molecule has 0 aliphatic carbocycles. The first-order valence-corrected chi connectivity index (χ1v) is 7.70. The number of hydrogen-bond acceptors (Lipinski definition) is 2. The number of phenolic OH excluding ortho intramolecular Hbond substituents is 1. The van der Waals surface area contributed by atoms with E-state index in [4.69, 9.17) is 0 Å². The number of fused-ring (bicyclic) bond motifs is 1. The number of aromatic hydroxyl groups is 1. The Hall–Kier alpha value is -2.32. The molecule has 0 saturated heterocycles. The van der Waals surface area contributed by atoms with Crippen LogP contribution in [0, 0.1) is 0 Å². The minimum Gasteiger partial charge on any atom is -0.508 e. The van der Waals surface area contributed by atoms with Crippen molar-refractivity contribution in [3.05, 3.63) is 77.9 Å². The molecule has 1 atom stereocenters. The second kappa shape index (κ2) is 6.63. The largest absolute Gasteiger partial charge is 0.508 e. The van der Waals surface area contributed by atoms with Crippen LogP contribution in [-0.2, 0) is 13.0 Å². The first-order chi connectivity index (χ1) is 10.7. The number of benzene rings is 3. The summed E-state index contributed by atoms with van der Waals surface area (Å²) in [5.41, 5.74) is 2.53. The SMILES string of the molecule is CC(Cc1ccc2ccccc2c1)NCc1ccc(O)cc1. The summed E-state index contributed by atoms with van der Waals surface area (Å²) < 4.78 is 0. The summed E-state index contributed by atoms with van der Waals surface area (Å²) in [6.07, 6.45) is 1.00. The Kier molecular flexibility index (Phi) is 4.40. The van der Waals surface area contributed by atoms with E-state index in [0.29, 0.717) is 11.8 Å². The molecule has 3 rings (SSSR count). The zero-order valence-electron chi connectivity index (χ0n) is 12.8. The van der Waals surface area contributed by atoms with Crippen molar-refractivity contribution in [2.75, 3.05) is 0 Å². The third-order valence-corrected chi connectivity index (χ3v) is 3.95. The van der Waals surface area contributed by atoms with E-state index in [1.54, 1.807) is 12.1 Å². The Morgan fingerprint density at radius 3 is 2.32 bits per heavy atom. The van der Waals surface area contributed by atoms with Gasteiger partial charge >= 0.3 is 0 Å². The molecule has 0 bridgehead atoms. The maximum atomic E-state index is 9.30. The molecule has 1 unspecified atom stereocenters. The highest BCUT2D eigenvalue weighted by Crippen LogP contribution is 2.17. The van der Waals surface area contributed by atoms with Crippen LogP contribution >= 0.6 is 0 Å². The van der Waals surface area contributed by atoms with Crippen molar-refractivity contribution in [3.8, 4) is 5.75 Å². The third-order valence-electron chi connectivity index (χ3n) is 3.95. The van der Waals surface area contributed by atoms with Crippen LogP contribution in [0.2, 0.25) is 0 Å². The van der Waals surface area contributed by atoms with Gasteiger partial charge in [-0.05, 0) is 47.4 Å². The van der Waals surface area contributed by atoms with E-state index in [1.165, 1.54) is 21.9 Å². The van der Waals surface area contributed by atoms with Crippen LogP contribution < -0.4 is 5.32 Å². The summed E-state index contributed by atoms with van der Waals surface area (Å²) in [6, 6.07) is 22.9. The molecule has 0 amide bonds. The molecule has 22 heavy (non-hydrogen) atoms. The van der Waals surface area contributed by atoms with Crippen molar-refractivity contribution in [2.45, 2.75) is 25.9 Å². The zero-order valence-corrected chi connectivity index (χ0v) is 12.8. The number of nitrogens with one attached hydrogen (secondary N) is 1. The van der Waals surface area contributed by atoms with Crippen LogP contribution in [0.4, 0.5) is 0 Å². The number of hydrogen-bond donors (Lipinski definition) is 2. The maximum absolute atomic E-state index is 9.30.